The van der Waals surface area contributed by atoms with E-state index in [4.69, 9.17) is 23.7 Å². The first-order valence-electron chi connectivity index (χ1n) is 9.83. The van der Waals surface area contributed by atoms with Crippen molar-refractivity contribution in [3.05, 3.63) is 29.8 Å². The number of hydrogen-bond donors (Lipinski definition) is 0. The molecule has 0 atom stereocenters. The van der Waals surface area contributed by atoms with Gasteiger partial charge < -0.3 is 23.7 Å². The van der Waals surface area contributed by atoms with Crippen LogP contribution >= 0.6 is 0 Å². The standard InChI is InChI=1S/C21H32O7/c1-2-3-4-5-21(23)28-17-15-26-13-11-24-10-12-25-14-16-27-20-8-6-19(18-22)7-9-20/h6-9,18H,2-5,10-17H2,1H3. The van der Waals surface area contributed by atoms with Crippen LogP contribution in [0.5, 0.6) is 5.75 Å². The first-order valence-corrected chi connectivity index (χ1v) is 9.83. The summed E-state index contributed by atoms with van der Waals surface area (Å²) in [7, 11) is 0. The van der Waals surface area contributed by atoms with Gasteiger partial charge in [-0.2, -0.15) is 0 Å². The zero-order valence-electron chi connectivity index (χ0n) is 16.7. The number of benzene rings is 1. The molecule has 1 aromatic rings. The molecule has 0 aliphatic rings. The molecule has 7 heteroatoms. The monoisotopic (exact) mass is 396 g/mol. The number of carbonyl (C=O) groups is 2. The first kappa shape index (κ1) is 24.1. The number of rotatable bonds is 18. The molecule has 1 aromatic carbocycles. The molecule has 0 saturated carbocycles. The molecule has 0 aliphatic carbocycles. The molecule has 0 N–H and O–H groups in total. The number of esters is 1. The molecular weight excluding hydrogens is 364 g/mol. The predicted octanol–water partition coefficient (Wildman–Crippen LogP) is 3.05. The molecule has 0 saturated heterocycles. The number of unbranched alkanes of at least 4 members (excludes halogenated alkanes) is 2. The fourth-order valence-corrected chi connectivity index (χ4v) is 2.21. The summed E-state index contributed by atoms with van der Waals surface area (Å²) in [5.74, 6) is 0.543. The van der Waals surface area contributed by atoms with Crippen molar-refractivity contribution >= 4 is 12.3 Å². The molecule has 158 valence electrons. The van der Waals surface area contributed by atoms with E-state index in [-0.39, 0.29) is 12.6 Å². The van der Waals surface area contributed by atoms with Crippen LogP contribution in [0.1, 0.15) is 43.0 Å². The van der Waals surface area contributed by atoms with E-state index in [9.17, 15) is 9.59 Å². The lowest BCUT2D eigenvalue weighted by Crippen LogP contribution is -2.14. The lowest BCUT2D eigenvalue weighted by Gasteiger charge is -2.08. The molecule has 0 bridgehead atoms. The molecular formula is C21H32O7. The Morgan fingerprint density at radius 2 is 1.39 bits per heavy atom. The smallest absolute Gasteiger partial charge is 0.305 e. The highest BCUT2D eigenvalue weighted by Gasteiger charge is 2.01. The minimum atomic E-state index is -0.160. The minimum Gasteiger partial charge on any atom is -0.491 e. The van der Waals surface area contributed by atoms with Crippen LogP contribution < -0.4 is 4.74 Å². The maximum absolute atomic E-state index is 11.4. The topological polar surface area (TPSA) is 80.3 Å². The van der Waals surface area contributed by atoms with Gasteiger partial charge in [0.25, 0.3) is 0 Å². The molecule has 0 unspecified atom stereocenters. The first-order chi connectivity index (χ1) is 13.8. The third-order valence-corrected chi connectivity index (χ3v) is 3.73. The van der Waals surface area contributed by atoms with Crippen molar-refractivity contribution in [1.82, 2.24) is 0 Å². The van der Waals surface area contributed by atoms with E-state index < -0.39 is 0 Å². The largest absolute Gasteiger partial charge is 0.491 e. The molecule has 0 radical (unpaired) electrons. The Hall–Kier alpha value is -1.96. The molecule has 28 heavy (non-hydrogen) atoms. The summed E-state index contributed by atoms with van der Waals surface area (Å²) in [6.07, 6.45) is 4.30. The van der Waals surface area contributed by atoms with Crippen LogP contribution in [-0.4, -0.2) is 65.1 Å². The lowest BCUT2D eigenvalue weighted by atomic mass is 10.2. The van der Waals surface area contributed by atoms with E-state index in [0.717, 1.165) is 25.5 Å². The molecule has 0 aliphatic heterocycles. The van der Waals surface area contributed by atoms with E-state index in [1.807, 2.05) is 0 Å². The lowest BCUT2D eigenvalue weighted by molar-refractivity contribution is -0.145. The van der Waals surface area contributed by atoms with Crippen LogP contribution in [-0.2, 0) is 23.7 Å². The average molecular weight is 396 g/mol. The zero-order valence-corrected chi connectivity index (χ0v) is 16.7. The van der Waals surface area contributed by atoms with Gasteiger partial charge in [-0.25, -0.2) is 0 Å². The Bertz CT molecular complexity index is 516. The van der Waals surface area contributed by atoms with Gasteiger partial charge in [0.15, 0.2) is 0 Å². The van der Waals surface area contributed by atoms with Crippen molar-refractivity contribution in [2.45, 2.75) is 32.6 Å². The van der Waals surface area contributed by atoms with Crippen molar-refractivity contribution in [2.24, 2.45) is 0 Å². The molecule has 0 amide bonds. The van der Waals surface area contributed by atoms with Gasteiger partial charge in [0.05, 0.1) is 39.6 Å². The summed E-state index contributed by atoms with van der Waals surface area (Å²) in [6, 6.07) is 6.91. The van der Waals surface area contributed by atoms with Crippen LogP contribution in [0.25, 0.3) is 0 Å². The highest BCUT2D eigenvalue weighted by molar-refractivity contribution is 5.74. The van der Waals surface area contributed by atoms with E-state index in [0.29, 0.717) is 64.0 Å². The maximum Gasteiger partial charge on any atom is 0.305 e. The van der Waals surface area contributed by atoms with Crippen LogP contribution in [0.15, 0.2) is 24.3 Å². The summed E-state index contributed by atoms with van der Waals surface area (Å²) in [5.41, 5.74) is 0.619. The average Bonchev–Trinajstić information content (AvgIpc) is 2.72. The molecule has 0 aromatic heterocycles. The summed E-state index contributed by atoms with van der Waals surface area (Å²) in [6.45, 7) is 5.52. The number of carbonyl (C=O) groups excluding carboxylic acids is 2. The van der Waals surface area contributed by atoms with E-state index in [1.54, 1.807) is 24.3 Å². The summed E-state index contributed by atoms with van der Waals surface area (Å²) in [4.78, 5) is 21.9. The fourth-order valence-electron chi connectivity index (χ4n) is 2.21. The van der Waals surface area contributed by atoms with Crippen molar-refractivity contribution < 1.29 is 33.3 Å². The Morgan fingerprint density at radius 1 is 0.821 bits per heavy atom. The Balaban J connectivity index is 1.80. The minimum absolute atomic E-state index is 0.160. The van der Waals surface area contributed by atoms with E-state index in [2.05, 4.69) is 6.92 Å². The van der Waals surface area contributed by atoms with Crippen molar-refractivity contribution in [3.63, 3.8) is 0 Å². The third kappa shape index (κ3) is 13.2. The van der Waals surface area contributed by atoms with Crippen molar-refractivity contribution in [1.29, 1.82) is 0 Å². The van der Waals surface area contributed by atoms with Gasteiger partial charge in [0, 0.05) is 12.0 Å². The van der Waals surface area contributed by atoms with E-state index in [1.165, 1.54) is 0 Å². The summed E-state index contributed by atoms with van der Waals surface area (Å²) < 4.78 is 26.7. The highest BCUT2D eigenvalue weighted by atomic mass is 16.6. The third-order valence-electron chi connectivity index (χ3n) is 3.73. The number of hydrogen-bond acceptors (Lipinski definition) is 7. The Kier molecular flexibility index (Phi) is 14.8. The summed E-state index contributed by atoms with van der Waals surface area (Å²) in [5, 5.41) is 0. The predicted molar refractivity (Wildman–Crippen MR) is 105 cm³/mol. The Morgan fingerprint density at radius 3 is 1.96 bits per heavy atom. The van der Waals surface area contributed by atoms with Crippen LogP contribution in [0.2, 0.25) is 0 Å². The van der Waals surface area contributed by atoms with Gasteiger partial charge in [-0.3, -0.25) is 9.59 Å². The van der Waals surface area contributed by atoms with Gasteiger partial charge >= 0.3 is 5.97 Å². The molecule has 7 nitrogen and oxygen atoms in total. The molecule has 0 heterocycles. The molecule has 0 fully saturated rings. The van der Waals surface area contributed by atoms with Gasteiger partial charge in [-0.1, -0.05) is 19.8 Å². The van der Waals surface area contributed by atoms with Gasteiger partial charge in [-0.05, 0) is 30.7 Å². The fraction of sp³-hybridized carbons (Fsp3) is 0.619. The van der Waals surface area contributed by atoms with Gasteiger partial charge in [-0.15, -0.1) is 0 Å². The summed E-state index contributed by atoms with van der Waals surface area (Å²) >= 11 is 0. The van der Waals surface area contributed by atoms with Crippen LogP contribution in [0.3, 0.4) is 0 Å². The molecule has 1 rings (SSSR count). The van der Waals surface area contributed by atoms with Gasteiger partial charge in [0.2, 0.25) is 0 Å². The second kappa shape index (κ2) is 17.2. The quantitative estimate of drug-likeness (QED) is 0.214. The van der Waals surface area contributed by atoms with Crippen LogP contribution in [0.4, 0.5) is 0 Å². The highest BCUT2D eigenvalue weighted by Crippen LogP contribution is 2.10. The van der Waals surface area contributed by atoms with Crippen molar-refractivity contribution in [3.8, 4) is 5.75 Å². The normalized spacial score (nSPS) is 10.6. The van der Waals surface area contributed by atoms with Gasteiger partial charge in [0.1, 0.15) is 25.2 Å². The SMILES string of the molecule is CCCCCC(=O)OCCOCCOCCOCCOc1ccc(C=O)cc1. The second-order valence-corrected chi connectivity index (χ2v) is 6.05. The van der Waals surface area contributed by atoms with Crippen LogP contribution in [0, 0.1) is 0 Å². The Labute approximate surface area is 167 Å². The van der Waals surface area contributed by atoms with E-state index >= 15 is 0 Å². The zero-order chi connectivity index (χ0) is 20.3. The molecule has 0 spiro atoms. The number of ether oxygens (including phenoxy) is 5. The van der Waals surface area contributed by atoms with Crippen molar-refractivity contribution in [2.75, 3.05) is 52.9 Å². The number of aldehydes is 1. The maximum atomic E-state index is 11.4. The second-order valence-electron chi connectivity index (χ2n) is 6.05.